The van der Waals surface area contributed by atoms with Gasteiger partial charge in [0, 0.05) is 33.3 Å². The average Bonchev–Trinajstić information content (AvgIpc) is 2.45. The minimum Gasteiger partial charge on any atom is -0.383 e. The van der Waals surface area contributed by atoms with Gasteiger partial charge in [0.2, 0.25) is 10.0 Å². The number of anilines is 1. The molecular formula is C14H25N3O3S. The first-order valence-corrected chi connectivity index (χ1v) is 8.45. The van der Waals surface area contributed by atoms with Crippen LogP contribution in [0, 0.1) is 0 Å². The maximum atomic E-state index is 12.3. The van der Waals surface area contributed by atoms with Crippen molar-refractivity contribution in [2.45, 2.75) is 24.3 Å². The van der Waals surface area contributed by atoms with E-state index in [4.69, 9.17) is 10.5 Å². The normalized spacial score (nSPS) is 13.1. The van der Waals surface area contributed by atoms with Gasteiger partial charge in [-0.3, -0.25) is 0 Å². The zero-order chi connectivity index (χ0) is 15.9. The van der Waals surface area contributed by atoms with Crippen molar-refractivity contribution < 1.29 is 13.2 Å². The Balaban J connectivity index is 2.98. The zero-order valence-electron chi connectivity index (χ0n) is 12.9. The molecule has 1 unspecified atom stereocenters. The summed E-state index contributed by atoms with van der Waals surface area (Å²) in [4.78, 5) is 2.11. The van der Waals surface area contributed by atoms with E-state index >= 15 is 0 Å². The van der Waals surface area contributed by atoms with Gasteiger partial charge in [-0.1, -0.05) is 19.1 Å². The standard InChI is InChI=1S/C14H25N3O3S/c1-4-9-16-21(18,19)14-8-6-5-7-13(14)17(2)10-12(15)11-20-3/h5-8,12,16H,4,9-11,15H2,1-3H3. The van der Waals surface area contributed by atoms with E-state index in [1.165, 1.54) is 0 Å². The van der Waals surface area contributed by atoms with Crippen LogP contribution in [0.25, 0.3) is 0 Å². The lowest BCUT2D eigenvalue weighted by molar-refractivity contribution is 0.181. The first-order chi connectivity index (χ1) is 9.92. The van der Waals surface area contributed by atoms with Crippen LogP contribution in [-0.2, 0) is 14.8 Å². The Morgan fingerprint density at radius 2 is 2.05 bits per heavy atom. The highest BCUT2D eigenvalue weighted by Gasteiger charge is 2.20. The van der Waals surface area contributed by atoms with Crippen molar-refractivity contribution in [2.75, 3.05) is 38.8 Å². The molecule has 6 nitrogen and oxygen atoms in total. The van der Waals surface area contributed by atoms with Crippen LogP contribution in [0.15, 0.2) is 29.2 Å². The summed E-state index contributed by atoms with van der Waals surface area (Å²) in [5.74, 6) is 0. The summed E-state index contributed by atoms with van der Waals surface area (Å²) >= 11 is 0. The minimum atomic E-state index is -3.51. The highest BCUT2D eigenvalue weighted by atomic mass is 32.2. The van der Waals surface area contributed by atoms with Crippen LogP contribution in [0.5, 0.6) is 0 Å². The first kappa shape index (κ1) is 17.9. The summed E-state index contributed by atoms with van der Waals surface area (Å²) in [5.41, 5.74) is 6.56. The molecule has 0 saturated carbocycles. The molecule has 0 aromatic heterocycles. The molecule has 0 fully saturated rings. The van der Waals surface area contributed by atoms with Crippen molar-refractivity contribution in [1.82, 2.24) is 4.72 Å². The molecule has 7 heteroatoms. The zero-order valence-corrected chi connectivity index (χ0v) is 13.7. The van der Waals surface area contributed by atoms with Gasteiger partial charge in [0.15, 0.2) is 0 Å². The third kappa shape index (κ3) is 5.28. The molecule has 0 aliphatic carbocycles. The number of nitrogens with zero attached hydrogens (tertiary/aromatic N) is 1. The molecule has 0 aliphatic rings. The van der Waals surface area contributed by atoms with Crippen LogP contribution >= 0.6 is 0 Å². The van der Waals surface area contributed by atoms with Crippen molar-refractivity contribution in [3.63, 3.8) is 0 Å². The third-order valence-corrected chi connectivity index (χ3v) is 4.51. The molecule has 1 aromatic rings. The van der Waals surface area contributed by atoms with Gasteiger partial charge < -0.3 is 15.4 Å². The number of methoxy groups -OCH3 is 1. The molecular weight excluding hydrogens is 290 g/mol. The molecule has 0 saturated heterocycles. The van der Waals surface area contributed by atoms with Crippen LogP contribution in [0.3, 0.4) is 0 Å². The van der Waals surface area contributed by atoms with E-state index in [0.29, 0.717) is 25.4 Å². The van der Waals surface area contributed by atoms with Crippen molar-refractivity contribution >= 4 is 15.7 Å². The number of likely N-dealkylation sites (N-methyl/N-ethyl adjacent to an activating group) is 1. The van der Waals surface area contributed by atoms with E-state index < -0.39 is 10.0 Å². The second-order valence-electron chi connectivity index (χ2n) is 4.96. The fourth-order valence-electron chi connectivity index (χ4n) is 2.03. The third-order valence-electron chi connectivity index (χ3n) is 3.00. The predicted octanol–water partition coefficient (Wildman–Crippen LogP) is 0.785. The molecule has 0 spiro atoms. The number of sulfonamides is 1. The van der Waals surface area contributed by atoms with E-state index in [1.54, 1.807) is 25.3 Å². The fourth-order valence-corrected chi connectivity index (χ4v) is 3.42. The van der Waals surface area contributed by atoms with Crippen molar-refractivity contribution in [1.29, 1.82) is 0 Å². The monoisotopic (exact) mass is 315 g/mol. The average molecular weight is 315 g/mol. The second kappa shape index (κ2) is 8.33. The molecule has 1 rings (SSSR count). The Labute approximate surface area is 127 Å². The van der Waals surface area contributed by atoms with E-state index in [1.807, 2.05) is 24.9 Å². The topological polar surface area (TPSA) is 84.7 Å². The Hall–Kier alpha value is -1.15. The Morgan fingerprint density at radius 1 is 1.38 bits per heavy atom. The SMILES string of the molecule is CCCNS(=O)(=O)c1ccccc1N(C)CC(N)COC. The summed E-state index contributed by atoms with van der Waals surface area (Å²) in [7, 11) is -0.0966. The van der Waals surface area contributed by atoms with Gasteiger partial charge in [-0.25, -0.2) is 13.1 Å². The molecule has 0 amide bonds. The number of rotatable bonds is 9. The Morgan fingerprint density at radius 3 is 2.67 bits per heavy atom. The van der Waals surface area contributed by atoms with Gasteiger partial charge in [0.25, 0.3) is 0 Å². The summed E-state index contributed by atoms with van der Waals surface area (Å²) in [6.45, 7) is 3.27. The molecule has 120 valence electrons. The number of benzene rings is 1. The van der Waals surface area contributed by atoms with E-state index in [9.17, 15) is 8.42 Å². The van der Waals surface area contributed by atoms with Crippen molar-refractivity contribution in [2.24, 2.45) is 5.73 Å². The number of nitrogens with one attached hydrogen (secondary N) is 1. The van der Waals surface area contributed by atoms with Gasteiger partial charge in [0.1, 0.15) is 4.90 Å². The highest BCUT2D eigenvalue weighted by Crippen LogP contribution is 2.23. The molecule has 21 heavy (non-hydrogen) atoms. The first-order valence-electron chi connectivity index (χ1n) is 6.96. The molecule has 3 N–H and O–H groups in total. The van der Waals surface area contributed by atoms with Crippen LogP contribution < -0.4 is 15.4 Å². The highest BCUT2D eigenvalue weighted by molar-refractivity contribution is 7.89. The van der Waals surface area contributed by atoms with Crippen LogP contribution in [0.4, 0.5) is 5.69 Å². The number of hydrogen-bond donors (Lipinski definition) is 2. The quantitative estimate of drug-likeness (QED) is 0.703. The molecule has 1 aromatic carbocycles. The minimum absolute atomic E-state index is 0.181. The van der Waals surface area contributed by atoms with Crippen LogP contribution in [0.2, 0.25) is 0 Å². The van der Waals surface area contributed by atoms with E-state index in [-0.39, 0.29) is 10.9 Å². The largest absolute Gasteiger partial charge is 0.383 e. The predicted molar refractivity (Wildman–Crippen MR) is 85.0 cm³/mol. The number of nitrogens with two attached hydrogens (primary N) is 1. The molecule has 0 aliphatic heterocycles. The number of ether oxygens (including phenoxy) is 1. The second-order valence-corrected chi connectivity index (χ2v) is 6.70. The van der Waals surface area contributed by atoms with E-state index in [2.05, 4.69) is 4.72 Å². The maximum Gasteiger partial charge on any atom is 0.242 e. The van der Waals surface area contributed by atoms with Gasteiger partial charge in [-0.05, 0) is 18.6 Å². The summed E-state index contributed by atoms with van der Waals surface area (Å²) in [6.07, 6.45) is 0.746. The smallest absolute Gasteiger partial charge is 0.242 e. The van der Waals surface area contributed by atoms with Gasteiger partial charge in [-0.2, -0.15) is 0 Å². The Kier molecular flexibility index (Phi) is 7.10. The molecule has 0 radical (unpaired) electrons. The fraction of sp³-hybridized carbons (Fsp3) is 0.571. The Bertz CT molecular complexity index is 534. The van der Waals surface area contributed by atoms with E-state index in [0.717, 1.165) is 6.42 Å². The lowest BCUT2D eigenvalue weighted by atomic mass is 10.2. The maximum absolute atomic E-state index is 12.3. The van der Waals surface area contributed by atoms with Crippen LogP contribution in [0.1, 0.15) is 13.3 Å². The molecule has 1 atom stereocenters. The van der Waals surface area contributed by atoms with Gasteiger partial charge >= 0.3 is 0 Å². The lowest BCUT2D eigenvalue weighted by Crippen LogP contribution is -2.39. The van der Waals surface area contributed by atoms with Gasteiger partial charge in [-0.15, -0.1) is 0 Å². The van der Waals surface area contributed by atoms with Crippen molar-refractivity contribution in [3.8, 4) is 0 Å². The molecule has 0 heterocycles. The van der Waals surface area contributed by atoms with Gasteiger partial charge in [0.05, 0.1) is 12.3 Å². The van der Waals surface area contributed by atoms with Crippen LogP contribution in [-0.4, -0.2) is 48.3 Å². The summed E-state index contributed by atoms with van der Waals surface area (Å²) < 4.78 is 32.3. The summed E-state index contributed by atoms with van der Waals surface area (Å²) in [5, 5.41) is 0. The number of para-hydroxylation sites is 1. The summed E-state index contributed by atoms with van der Waals surface area (Å²) in [6, 6.07) is 6.73. The number of hydrogen-bond acceptors (Lipinski definition) is 5. The lowest BCUT2D eigenvalue weighted by Gasteiger charge is -2.25. The van der Waals surface area contributed by atoms with Crippen molar-refractivity contribution in [3.05, 3.63) is 24.3 Å². The molecule has 0 bridgehead atoms.